The summed E-state index contributed by atoms with van der Waals surface area (Å²) < 4.78 is 38.1. The van der Waals surface area contributed by atoms with E-state index >= 15 is 0 Å². The molecule has 0 saturated heterocycles. The first-order valence-electron chi connectivity index (χ1n) is 9.78. The summed E-state index contributed by atoms with van der Waals surface area (Å²) in [6, 6.07) is 5.84. The molecule has 3 aromatic rings. The second-order valence-electron chi connectivity index (χ2n) is 6.86. The van der Waals surface area contributed by atoms with Crippen molar-refractivity contribution < 1.29 is 57.7 Å². The summed E-state index contributed by atoms with van der Waals surface area (Å²) in [4.78, 5) is 30.4. The third-order valence-electron chi connectivity index (χ3n) is 4.78. The van der Waals surface area contributed by atoms with Crippen molar-refractivity contribution in [3.8, 4) is 5.75 Å². The van der Waals surface area contributed by atoms with Gasteiger partial charge in [0, 0.05) is 13.7 Å². The minimum atomic E-state index is -2.64. The number of hydrogen-bond donors (Lipinski definition) is 0. The number of carbonyl (C=O) groups excluding carboxylic acids is 1. The van der Waals surface area contributed by atoms with E-state index in [0.717, 1.165) is 0 Å². The first-order valence-corrected chi connectivity index (χ1v) is 10.2. The first-order chi connectivity index (χ1) is 15.3. The molecular weight excluding hydrogens is 471 g/mol. The maximum atomic E-state index is 13.2. The van der Waals surface area contributed by atoms with E-state index < -0.39 is 30.9 Å². The van der Waals surface area contributed by atoms with Crippen LogP contribution >= 0.6 is 11.6 Å². The van der Waals surface area contributed by atoms with Crippen LogP contribution in [-0.2, 0) is 16.1 Å². The topological polar surface area (TPSA) is 96.7 Å². The number of ether oxygens (including phenoxy) is 2. The van der Waals surface area contributed by atoms with E-state index in [-0.39, 0.29) is 87.8 Å². The molecule has 0 spiro atoms. The number of carboxylic acid groups (broad SMARTS) is 1. The molecule has 0 atom stereocenters. The number of fused-ring (bicyclic) bond motifs is 2. The molecule has 0 saturated carbocycles. The Hall–Kier alpha value is -1.98. The van der Waals surface area contributed by atoms with Crippen molar-refractivity contribution in [2.45, 2.75) is 19.9 Å². The molecule has 0 unspecified atom stereocenters. The molecule has 33 heavy (non-hydrogen) atoms. The van der Waals surface area contributed by atoms with Gasteiger partial charge in [-0.3, -0.25) is 4.79 Å². The Morgan fingerprint density at radius 2 is 1.97 bits per heavy atom. The quantitative estimate of drug-likeness (QED) is 0.267. The van der Waals surface area contributed by atoms with Crippen molar-refractivity contribution in [1.29, 1.82) is 0 Å². The molecule has 0 aliphatic carbocycles. The summed E-state index contributed by atoms with van der Waals surface area (Å²) in [6.07, 6.45) is -2.64. The van der Waals surface area contributed by atoms with Crippen LogP contribution in [0, 0.1) is 0 Å². The number of rotatable bonds is 10. The van der Waals surface area contributed by atoms with Crippen molar-refractivity contribution in [3.05, 3.63) is 39.5 Å². The molecule has 12 heteroatoms. The van der Waals surface area contributed by atoms with Crippen LogP contribution in [0.15, 0.2) is 29.1 Å². The van der Waals surface area contributed by atoms with Gasteiger partial charge in [-0.15, -0.1) is 0 Å². The number of alkyl halides is 2. The predicted molar refractivity (Wildman–Crippen MR) is 115 cm³/mol. The molecular formula is C21H21ClF2N3NaO5. The zero-order valence-electron chi connectivity index (χ0n) is 18.4. The van der Waals surface area contributed by atoms with Crippen LogP contribution in [0.2, 0.25) is 5.02 Å². The van der Waals surface area contributed by atoms with Gasteiger partial charge in [-0.2, -0.15) is 0 Å². The Morgan fingerprint density at radius 1 is 1.27 bits per heavy atom. The number of pyridine rings is 2. The van der Waals surface area contributed by atoms with Crippen molar-refractivity contribution in [2.24, 2.45) is 0 Å². The molecule has 0 bridgehead atoms. The fraction of sp³-hybridized carbons (Fsp3) is 0.381. The summed E-state index contributed by atoms with van der Waals surface area (Å²) in [5.74, 6) is -1.17. The molecule has 0 N–H and O–H groups in total. The van der Waals surface area contributed by atoms with Gasteiger partial charge < -0.3 is 28.8 Å². The molecule has 2 heterocycles. The number of aliphatic carboxylic acids is 1. The van der Waals surface area contributed by atoms with E-state index in [2.05, 4.69) is 4.98 Å². The molecule has 0 fully saturated rings. The zero-order chi connectivity index (χ0) is 23.4. The molecule has 0 amide bonds. The Morgan fingerprint density at radius 3 is 2.58 bits per heavy atom. The van der Waals surface area contributed by atoms with Gasteiger partial charge in [0.15, 0.2) is 11.2 Å². The van der Waals surface area contributed by atoms with E-state index in [9.17, 15) is 23.5 Å². The minimum absolute atomic E-state index is 0. The van der Waals surface area contributed by atoms with E-state index in [1.54, 1.807) is 6.92 Å². The number of methoxy groups -OCH3 is 1. The number of anilines is 1. The first kappa shape index (κ1) is 27.3. The summed E-state index contributed by atoms with van der Waals surface area (Å²) in [7, 11) is 1.44. The molecule has 8 nitrogen and oxygen atoms in total. The smallest absolute Gasteiger partial charge is 0.548 e. The van der Waals surface area contributed by atoms with Crippen molar-refractivity contribution >= 4 is 45.3 Å². The third kappa shape index (κ3) is 5.93. The molecule has 0 aliphatic rings. The Kier molecular flexibility index (Phi) is 9.86. The monoisotopic (exact) mass is 491 g/mol. The van der Waals surface area contributed by atoms with Gasteiger partial charge in [0.25, 0.3) is 6.43 Å². The maximum Gasteiger partial charge on any atom is 1.00 e. The number of hydrogen-bond acceptors (Lipinski definition) is 7. The largest absolute Gasteiger partial charge is 1.00 e. The van der Waals surface area contributed by atoms with E-state index in [1.165, 1.54) is 40.8 Å². The summed E-state index contributed by atoms with van der Waals surface area (Å²) in [5.41, 5.74) is -0.286. The minimum Gasteiger partial charge on any atom is -0.548 e. The SMILES string of the molecule is CCOc1c(Cl)ccc2c(=O)c3ccc(N(CCOC)CC(F)F)nc3n(CC(=O)[O-])c12.[Na+]. The summed E-state index contributed by atoms with van der Waals surface area (Å²) in [5, 5.41) is 12.1. The second-order valence-corrected chi connectivity index (χ2v) is 7.27. The van der Waals surface area contributed by atoms with Gasteiger partial charge in [0.1, 0.15) is 11.5 Å². The number of carboxylic acids is 1. The Labute approximate surface area is 215 Å². The van der Waals surface area contributed by atoms with E-state index in [0.29, 0.717) is 0 Å². The predicted octanol–water partition coefficient (Wildman–Crippen LogP) is -0.926. The molecule has 0 radical (unpaired) electrons. The average Bonchev–Trinajstić information content (AvgIpc) is 2.75. The van der Waals surface area contributed by atoms with Gasteiger partial charge in [-0.05, 0) is 31.2 Å². The molecule has 1 aromatic carbocycles. The number of carbonyl (C=O) groups is 1. The summed E-state index contributed by atoms with van der Waals surface area (Å²) in [6.45, 7) is 0.940. The van der Waals surface area contributed by atoms with E-state index in [4.69, 9.17) is 21.1 Å². The number of aromatic nitrogens is 2. The third-order valence-corrected chi connectivity index (χ3v) is 5.08. The van der Waals surface area contributed by atoms with Crippen LogP contribution in [0.5, 0.6) is 5.75 Å². The number of benzene rings is 1. The van der Waals surface area contributed by atoms with Crippen LogP contribution in [0.25, 0.3) is 21.9 Å². The molecule has 0 aliphatic heterocycles. The summed E-state index contributed by atoms with van der Waals surface area (Å²) >= 11 is 6.26. The molecule has 172 valence electrons. The van der Waals surface area contributed by atoms with Crippen molar-refractivity contribution in [2.75, 3.05) is 38.3 Å². The second kappa shape index (κ2) is 11.9. The normalized spacial score (nSPS) is 11.1. The van der Waals surface area contributed by atoms with E-state index in [1.807, 2.05) is 0 Å². The van der Waals surface area contributed by atoms with Crippen molar-refractivity contribution in [3.63, 3.8) is 0 Å². The molecule has 2 aromatic heterocycles. The zero-order valence-corrected chi connectivity index (χ0v) is 21.2. The average molecular weight is 492 g/mol. The van der Waals surface area contributed by atoms with Gasteiger partial charge >= 0.3 is 29.6 Å². The standard InChI is InChI=1S/C21H22ClF2N3O5.Na/c1-3-32-20-14(22)6-4-12-18(20)27(11-17(28)29)21-13(19(12)30)5-7-16(25-21)26(8-9-31-2)10-15(23)24;/h4-7,15H,3,8-11H2,1-2H3,(H,28,29);/q;+1/p-1. The Bertz CT molecular complexity index is 1210. The fourth-order valence-corrected chi connectivity index (χ4v) is 3.69. The Balaban J connectivity index is 0.00000385. The van der Waals surface area contributed by atoms with Crippen LogP contribution in [-0.4, -0.2) is 55.4 Å². The maximum absolute atomic E-state index is 13.2. The van der Waals surface area contributed by atoms with Crippen LogP contribution in [0.4, 0.5) is 14.6 Å². The number of halogens is 3. The van der Waals surface area contributed by atoms with Gasteiger partial charge in [-0.1, -0.05) is 11.6 Å². The fourth-order valence-electron chi connectivity index (χ4n) is 3.48. The van der Waals surface area contributed by atoms with Gasteiger partial charge in [0.05, 0.1) is 53.6 Å². The van der Waals surface area contributed by atoms with Gasteiger partial charge in [0.2, 0.25) is 0 Å². The van der Waals surface area contributed by atoms with Crippen molar-refractivity contribution in [1.82, 2.24) is 9.55 Å². The van der Waals surface area contributed by atoms with Crippen LogP contribution in [0.3, 0.4) is 0 Å². The van der Waals surface area contributed by atoms with Gasteiger partial charge in [-0.25, -0.2) is 13.8 Å². The molecule has 3 rings (SSSR count). The van der Waals surface area contributed by atoms with Crippen LogP contribution in [0.1, 0.15) is 6.92 Å². The number of nitrogens with zero attached hydrogens (tertiary/aromatic N) is 3. The van der Waals surface area contributed by atoms with Crippen LogP contribution < -0.4 is 49.7 Å².